The van der Waals surface area contributed by atoms with E-state index < -0.39 is 23.8 Å². The van der Waals surface area contributed by atoms with Crippen molar-refractivity contribution in [1.29, 1.82) is 0 Å². The number of halogens is 3. The Morgan fingerprint density at radius 1 is 1.29 bits per heavy atom. The molecule has 0 bridgehead atoms. The summed E-state index contributed by atoms with van der Waals surface area (Å²) in [5.41, 5.74) is -0.849. The van der Waals surface area contributed by atoms with Gasteiger partial charge in [-0.25, -0.2) is 9.78 Å². The van der Waals surface area contributed by atoms with Crippen LogP contribution in [0.4, 0.5) is 19.0 Å². The van der Waals surface area contributed by atoms with E-state index in [9.17, 15) is 23.1 Å². The van der Waals surface area contributed by atoms with Crippen molar-refractivity contribution in [3.05, 3.63) is 23.9 Å². The molecule has 2 N–H and O–H groups in total. The highest BCUT2D eigenvalue weighted by Crippen LogP contribution is 2.30. The van der Waals surface area contributed by atoms with Crippen molar-refractivity contribution in [2.75, 3.05) is 5.32 Å². The predicted octanol–water partition coefficient (Wildman–Crippen LogP) is 3.55. The Balaban J connectivity index is 2.08. The lowest BCUT2D eigenvalue weighted by Crippen LogP contribution is -2.38. The first kappa shape index (κ1) is 15.6. The van der Waals surface area contributed by atoms with Crippen molar-refractivity contribution in [2.24, 2.45) is 5.92 Å². The van der Waals surface area contributed by atoms with Crippen molar-refractivity contribution in [2.45, 2.75) is 44.3 Å². The van der Waals surface area contributed by atoms with E-state index in [1.807, 2.05) is 0 Å². The van der Waals surface area contributed by atoms with Crippen LogP contribution >= 0.6 is 0 Å². The van der Waals surface area contributed by atoms with Crippen molar-refractivity contribution in [3.8, 4) is 0 Å². The minimum Gasteiger partial charge on any atom is -0.480 e. The fraction of sp³-hybridized carbons (Fsp3) is 0.571. The summed E-state index contributed by atoms with van der Waals surface area (Å²) in [7, 11) is 0. The van der Waals surface area contributed by atoms with E-state index in [1.165, 1.54) is 6.07 Å². The van der Waals surface area contributed by atoms with Crippen LogP contribution in [0, 0.1) is 5.92 Å². The number of carbonyl (C=O) groups is 1. The van der Waals surface area contributed by atoms with Gasteiger partial charge in [-0.15, -0.1) is 0 Å². The normalized spacial score (nSPS) is 18.2. The van der Waals surface area contributed by atoms with Gasteiger partial charge in [-0.2, -0.15) is 13.2 Å². The molecular formula is C14H17F3N2O2. The number of carboxylic acids is 1. The molecular weight excluding hydrogens is 285 g/mol. The molecule has 1 aromatic rings. The number of pyridine rings is 1. The van der Waals surface area contributed by atoms with Crippen molar-refractivity contribution < 1.29 is 23.1 Å². The summed E-state index contributed by atoms with van der Waals surface area (Å²) in [6.07, 6.45) is 0.951. The molecule has 1 saturated carbocycles. The topological polar surface area (TPSA) is 62.2 Å². The SMILES string of the molecule is O=C(O)C(Nc1ccc(C(F)(F)F)cn1)C1CCCCC1. The molecule has 1 unspecified atom stereocenters. The number of aliphatic carboxylic acids is 1. The van der Waals surface area contributed by atoms with Crippen LogP contribution in [0.1, 0.15) is 37.7 Å². The Bertz CT molecular complexity index is 482. The quantitative estimate of drug-likeness (QED) is 0.893. The number of aromatic nitrogens is 1. The third kappa shape index (κ3) is 4.09. The van der Waals surface area contributed by atoms with E-state index >= 15 is 0 Å². The van der Waals surface area contributed by atoms with Crippen LogP contribution in [-0.2, 0) is 11.0 Å². The highest BCUT2D eigenvalue weighted by molar-refractivity contribution is 5.77. The molecule has 7 heteroatoms. The van der Waals surface area contributed by atoms with Crippen LogP contribution in [0.15, 0.2) is 18.3 Å². The van der Waals surface area contributed by atoms with E-state index in [-0.39, 0.29) is 11.7 Å². The fourth-order valence-electron chi connectivity index (χ4n) is 2.65. The van der Waals surface area contributed by atoms with Gasteiger partial charge in [-0.05, 0) is 30.9 Å². The van der Waals surface area contributed by atoms with Crippen LogP contribution in [0.3, 0.4) is 0 Å². The molecule has 1 aromatic heterocycles. The van der Waals surface area contributed by atoms with Gasteiger partial charge in [0.1, 0.15) is 11.9 Å². The third-order valence-electron chi connectivity index (χ3n) is 3.78. The summed E-state index contributed by atoms with van der Waals surface area (Å²) < 4.78 is 37.3. The lowest BCUT2D eigenvalue weighted by Gasteiger charge is -2.28. The van der Waals surface area contributed by atoms with Crippen LogP contribution in [0.25, 0.3) is 0 Å². The van der Waals surface area contributed by atoms with Crippen molar-refractivity contribution in [1.82, 2.24) is 4.98 Å². The second-order valence-electron chi connectivity index (χ2n) is 5.29. The number of alkyl halides is 3. The smallest absolute Gasteiger partial charge is 0.417 e. The fourth-order valence-corrected chi connectivity index (χ4v) is 2.65. The predicted molar refractivity (Wildman–Crippen MR) is 70.9 cm³/mol. The molecule has 116 valence electrons. The maximum absolute atomic E-state index is 12.4. The monoisotopic (exact) mass is 302 g/mol. The number of hydrogen-bond donors (Lipinski definition) is 2. The first-order valence-corrected chi connectivity index (χ1v) is 6.90. The molecule has 0 spiro atoms. The molecule has 0 aliphatic heterocycles. The van der Waals surface area contributed by atoms with E-state index in [0.717, 1.165) is 38.2 Å². The van der Waals surface area contributed by atoms with Crippen molar-refractivity contribution in [3.63, 3.8) is 0 Å². The number of nitrogens with one attached hydrogen (secondary N) is 1. The van der Waals surface area contributed by atoms with Gasteiger partial charge in [0.15, 0.2) is 0 Å². The maximum Gasteiger partial charge on any atom is 0.417 e. The van der Waals surface area contributed by atoms with E-state index in [0.29, 0.717) is 6.20 Å². The molecule has 4 nitrogen and oxygen atoms in total. The molecule has 2 rings (SSSR count). The molecule has 0 aromatic carbocycles. The second-order valence-corrected chi connectivity index (χ2v) is 5.29. The summed E-state index contributed by atoms with van der Waals surface area (Å²) in [4.78, 5) is 15.0. The van der Waals surface area contributed by atoms with Gasteiger partial charge in [-0.1, -0.05) is 19.3 Å². The average molecular weight is 302 g/mol. The summed E-state index contributed by atoms with van der Waals surface area (Å²) in [5.74, 6) is -0.857. The summed E-state index contributed by atoms with van der Waals surface area (Å²) in [6, 6.07) is 1.26. The highest BCUT2D eigenvalue weighted by Gasteiger charge is 2.32. The van der Waals surface area contributed by atoms with Crippen LogP contribution in [0.5, 0.6) is 0 Å². The number of hydrogen-bond acceptors (Lipinski definition) is 3. The molecule has 1 atom stereocenters. The molecule has 1 fully saturated rings. The first-order chi connectivity index (χ1) is 9.88. The van der Waals surface area contributed by atoms with E-state index in [2.05, 4.69) is 10.3 Å². The average Bonchev–Trinajstić information content (AvgIpc) is 2.45. The van der Waals surface area contributed by atoms with Gasteiger partial charge in [0.25, 0.3) is 0 Å². The highest BCUT2D eigenvalue weighted by atomic mass is 19.4. The van der Waals surface area contributed by atoms with Gasteiger partial charge < -0.3 is 10.4 Å². The second kappa shape index (κ2) is 6.32. The Labute approximate surface area is 120 Å². The van der Waals surface area contributed by atoms with Gasteiger partial charge >= 0.3 is 12.1 Å². The maximum atomic E-state index is 12.4. The molecule has 0 saturated heterocycles. The van der Waals surface area contributed by atoms with Crippen LogP contribution < -0.4 is 5.32 Å². The summed E-state index contributed by atoms with van der Waals surface area (Å²) in [6.45, 7) is 0. The zero-order chi connectivity index (χ0) is 15.5. The largest absolute Gasteiger partial charge is 0.480 e. The molecule has 1 aliphatic rings. The molecule has 21 heavy (non-hydrogen) atoms. The van der Waals surface area contributed by atoms with E-state index in [1.54, 1.807) is 0 Å². The molecule has 1 heterocycles. The molecule has 0 radical (unpaired) electrons. The zero-order valence-corrected chi connectivity index (χ0v) is 11.4. The van der Waals surface area contributed by atoms with Crippen LogP contribution in [0.2, 0.25) is 0 Å². The molecule has 0 amide bonds. The minimum atomic E-state index is -4.44. The van der Waals surface area contributed by atoms with Gasteiger partial charge in [-0.3, -0.25) is 0 Å². The summed E-state index contributed by atoms with van der Waals surface area (Å²) in [5, 5.41) is 12.0. The van der Waals surface area contributed by atoms with Gasteiger partial charge in [0, 0.05) is 6.20 Å². The first-order valence-electron chi connectivity index (χ1n) is 6.90. The van der Waals surface area contributed by atoms with Gasteiger partial charge in [0.2, 0.25) is 0 Å². The number of nitrogens with zero attached hydrogens (tertiary/aromatic N) is 1. The lowest BCUT2D eigenvalue weighted by atomic mass is 9.84. The summed E-state index contributed by atoms with van der Waals surface area (Å²) >= 11 is 0. The Morgan fingerprint density at radius 3 is 2.43 bits per heavy atom. The van der Waals surface area contributed by atoms with Crippen LogP contribution in [-0.4, -0.2) is 22.1 Å². The Hall–Kier alpha value is -1.79. The minimum absolute atomic E-state index is 0.0136. The van der Waals surface area contributed by atoms with Crippen molar-refractivity contribution >= 4 is 11.8 Å². The number of carboxylic acid groups (broad SMARTS) is 1. The molecule has 1 aliphatic carbocycles. The third-order valence-corrected chi connectivity index (χ3v) is 3.78. The Morgan fingerprint density at radius 2 is 1.95 bits per heavy atom. The zero-order valence-electron chi connectivity index (χ0n) is 11.4. The van der Waals surface area contributed by atoms with Gasteiger partial charge in [0.05, 0.1) is 5.56 Å². The standard InChI is InChI=1S/C14H17F3N2O2/c15-14(16,17)10-6-7-11(18-8-10)19-12(13(20)21)9-4-2-1-3-5-9/h6-9,12H,1-5H2,(H,18,19)(H,20,21). The number of rotatable bonds is 4. The van der Waals surface area contributed by atoms with E-state index in [4.69, 9.17) is 0 Å². The Kier molecular flexibility index (Phi) is 4.69. The lowest BCUT2D eigenvalue weighted by molar-refractivity contribution is -0.140. The number of anilines is 1.